The van der Waals surface area contributed by atoms with Crippen LogP contribution in [0.25, 0.3) is 0 Å². The third-order valence-corrected chi connectivity index (χ3v) is 3.14. The smallest absolute Gasteiger partial charge is 0.151 e. The van der Waals surface area contributed by atoms with Crippen molar-refractivity contribution in [1.82, 2.24) is 14.9 Å². The maximum absolute atomic E-state index is 5.67. The Morgan fingerprint density at radius 1 is 1.44 bits per heavy atom. The van der Waals surface area contributed by atoms with E-state index in [1.807, 2.05) is 0 Å². The van der Waals surface area contributed by atoms with Crippen molar-refractivity contribution in [1.29, 1.82) is 0 Å². The minimum absolute atomic E-state index is 0.451. The van der Waals surface area contributed by atoms with Crippen LogP contribution >= 0.6 is 0 Å². The van der Waals surface area contributed by atoms with Gasteiger partial charge in [0, 0.05) is 38.1 Å². The van der Waals surface area contributed by atoms with Crippen molar-refractivity contribution in [2.24, 2.45) is 5.73 Å². The Balaban J connectivity index is 2.14. The van der Waals surface area contributed by atoms with E-state index in [0.717, 1.165) is 24.6 Å². The van der Waals surface area contributed by atoms with Crippen LogP contribution in [0, 0.1) is 0 Å². The highest BCUT2D eigenvalue weighted by Crippen LogP contribution is 2.21. The van der Waals surface area contributed by atoms with Crippen LogP contribution in [0.15, 0.2) is 12.4 Å². The van der Waals surface area contributed by atoms with E-state index in [2.05, 4.69) is 33.9 Å². The van der Waals surface area contributed by atoms with Crippen molar-refractivity contribution in [3.05, 3.63) is 18.1 Å². The van der Waals surface area contributed by atoms with Gasteiger partial charge in [0.2, 0.25) is 0 Å². The third-order valence-electron chi connectivity index (χ3n) is 3.14. The lowest BCUT2D eigenvalue weighted by molar-refractivity contribution is 0.315. The summed E-state index contributed by atoms with van der Waals surface area (Å²) in [4.78, 5) is 13.2. The van der Waals surface area contributed by atoms with E-state index < -0.39 is 0 Å². The highest BCUT2D eigenvalue weighted by atomic mass is 15.3. The molecule has 1 unspecified atom stereocenters. The third kappa shape index (κ3) is 2.15. The van der Waals surface area contributed by atoms with Gasteiger partial charge in [-0.3, -0.25) is 4.98 Å². The van der Waals surface area contributed by atoms with Gasteiger partial charge in [0.15, 0.2) is 5.82 Å². The van der Waals surface area contributed by atoms with Crippen molar-refractivity contribution < 1.29 is 0 Å². The summed E-state index contributed by atoms with van der Waals surface area (Å²) in [5, 5.41) is 0. The van der Waals surface area contributed by atoms with E-state index >= 15 is 0 Å². The summed E-state index contributed by atoms with van der Waals surface area (Å²) < 4.78 is 0. The monoisotopic (exact) mass is 221 g/mol. The molecule has 2 heterocycles. The molecule has 88 valence electrons. The van der Waals surface area contributed by atoms with Crippen molar-refractivity contribution in [2.45, 2.75) is 19.0 Å². The summed E-state index contributed by atoms with van der Waals surface area (Å²) >= 11 is 0. The average Bonchev–Trinajstić information content (AvgIpc) is 2.78. The van der Waals surface area contributed by atoms with E-state index in [1.54, 1.807) is 12.4 Å². The van der Waals surface area contributed by atoms with Gasteiger partial charge in [0.05, 0.1) is 5.69 Å². The maximum Gasteiger partial charge on any atom is 0.151 e. The van der Waals surface area contributed by atoms with Gasteiger partial charge in [-0.2, -0.15) is 0 Å². The molecule has 1 saturated heterocycles. The van der Waals surface area contributed by atoms with Crippen LogP contribution in [-0.4, -0.2) is 48.1 Å². The van der Waals surface area contributed by atoms with Crippen LogP contribution in [0.5, 0.6) is 0 Å². The fourth-order valence-corrected chi connectivity index (χ4v) is 2.12. The predicted molar refractivity (Wildman–Crippen MR) is 64.2 cm³/mol. The average molecular weight is 221 g/mol. The molecule has 0 aliphatic carbocycles. The first kappa shape index (κ1) is 11.3. The normalized spacial score (nSPS) is 20.8. The molecule has 1 atom stereocenters. The predicted octanol–water partition coefficient (Wildman–Crippen LogP) is 0.0756. The number of hydrogen-bond donors (Lipinski definition) is 1. The molecule has 0 spiro atoms. The molecule has 0 bridgehead atoms. The summed E-state index contributed by atoms with van der Waals surface area (Å²) in [6.07, 6.45) is 4.61. The molecule has 1 aliphatic rings. The van der Waals surface area contributed by atoms with Crippen LogP contribution in [0.4, 0.5) is 5.82 Å². The fraction of sp³-hybridized carbons (Fsp3) is 0.636. The molecule has 5 nitrogen and oxygen atoms in total. The van der Waals surface area contributed by atoms with Crippen LogP contribution in [0.2, 0.25) is 0 Å². The molecule has 2 N–H and O–H groups in total. The number of aromatic nitrogens is 2. The van der Waals surface area contributed by atoms with Gasteiger partial charge in [-0.25, -0.2) is 4.98 Å². The van der Waals surface area contributed by atoms with Gasteiger partial charge >= 0.3 is 0 Å². The van der Waals surface area contributed by atoms with Crippen molar-refractivity contribution >= 4 is 5.82 Å². The van der Waals surface area contributed by atoms with Crippen LogP contribution in [-0.2, 0) is 6.54 Å². The summed E-state index contributed by atoms with van der Waals surface area (Å²) in [5.41, 5.74) is 6.56. The van der Waals surface area contributed by atoms with Crippen molar-refractivity contribution in [2.75, 3.05) is 32.1 Å². The Morgan fingerprint density at radius 3 is 2.81 bits per heavy atom. The number of anilines is 1. The Kier molecular flexibility index (Phi) is 3.36. The summed E-state index contributed by atoms with van der Waals surface area (Å²) in [5.74, 6) is 0.953. The number of nitrogens with zero attached hydrogens (tertiary/aromatic N) is 4. The fourth-order valence-electron chi connectivity index (χ4n) is 2.12. The second kappa shape index (κ2) is 4.76. The summed E-state index contributed by atoms with van der Waals surface area (Å²) in [6.45, 7) is 2.50. The zero-order valence-corrected chi connectivity index (χ0v) is 9.93. The standard InChI is InChI=1S/C11H19N5/c1-15(2)9-3-6-16(8-9)11-10(7-12)13-4-5-14-11/h4-5,9H,3,6-8,12H2,1-2H3. The molecule has 1 fully saturated rings. The Morgan fingerprint density at radius 2 is 2.19 bits per heavy atom. The van der Waals surface area contributed by atoms with E-state index in [0.29, 0.717) is 12.6 Å². The Hall–Kier alpha value is -1.20. The second-order valence-electron chi connectivity index (χ2n) is 4.38. The molecule has 2 rings (SSSR count). The molecule has 16 heavy (non-hydrogen) atoms. The molecular weight excluding hydrogens is 202 g/mol. The summed E-state index contributed by atoms with van der Waals surface area (Å²) in [6, 6.07) is 0.604. The minimum atomic E-state index is 0.451. The molecule has 1 aromatic rings. The topological polar surface area (TPSA) is 58.3 Å². The quantitative estimate of drug-likeness (QED) is 0.783. The molecule has 0 aromatic carbocycles. The summed E-state index contributed by atoms with van der Waals surface area (Å²) in [7, 11) is 4.24. The number of nitrogens with two attached hydrogens (primary N) is 1. The van der Waals surface area contributed by atoms with Gasteiger partial charge in [-0.15, -0.1) is 0 Å². The van der Waals surface area contributed by atoms with E-state index in [1.165, 1.54) is 6.42 Å². The first-order valence-corrected chi connectivity index (χ1v) is 5.63. The largest absolute Gasteiger partial charge is 0.353 e. The van der Waals surface area contributed by atoms with Crippen LogP contribution < -0.4 is 10.6 Å². The number of rotatable bonds is 3. The highest BCUT2D eigenvalue weighted by Gasteiger charge is 2.26. The second-order valence-corrected chi connectivity index (χ2v) is 4.38. The minimum Gasteiger partial charge on any atom is -0.353 e. The molecule has 1 aliphatic heterocycles. The van der Waals surface area contributed by atoms with E-state index in [9.17, 15) is 0 Å². The first-order chi connectivity index (χ1) is 7.72. The lowest BCUT2D eigenvalue weighted by atomic mass is 10.2. The Bertz CT molecular complexity index is 352. The number of likely N-dealkylation sites (N-methyl/N-ethyl adjacent to an activating group) is 1. The van der Waals surface area contributed by atoms with Gasteiger partial charge in [0.25, 0.3) is 0 Å². The SMILES string of the molecule is CN(C)C1CCN(c2nccnc2CN)C1. The lowest BCUT2D eigenvalue weighted by Gasteiger charge is -2.22. The first-order valence-electron chi connectivity index (χ1n) is 5.63. The number of hydrogen-bond acceptors (Lipinski definition) is 5. The molecular formula is C11H19N5. The highest BCUT2D eigenvalue weighted by molar-refractivity contribution is 5.44. The van der Waals surface area contributed by atoms with Crippen molar-refractivity contribution in [3.63, 3.8) is 0 Å². The zero-order chi connectivity index (χ0) is 11.5. The van der Waals surface area contributed by atoms with E-state index in [4.69, 9.17) is 5.73 Å². The van der Waals surface area contributed by atoms with Gasteiger partial charge in [-0.05, 0) is 20.5 Å². The Labute approximate surface area is 96.3 Å². The molecule has 5 heteroatoms. The van der Waals surface area contributed by atoms with E-state index in [-0.39, 0.29) is 0 Å². The maximum atomic E-state index is 5.67. The molecule has 0 radical (unpaired) electrons. The molecule has 1 aromatic heterocycles. The van der Waals surface area contributed by atoms with Crippen LogP contribution in [0.3, 0.4) is 0 Å². The molecule has 0 amide bonds. The van der Waals surface area contributed by atoms with Crippen molar-refractivity contribution in [3.8, 4) is 0 Å². The van der Waals surface area contributed by atoms with Crippen LogP contribution in [0.1, 0.15) is 12.1 Å². The van der Waals surface area contributed by atoms with Gasteiger partial charge in [0.1, 0.15) is 0 Å². The molecule has 0 saturated carbocycles. The zero-order valence-electron chi connectivity index (χ0n) is 9.93. The van der Waals surface area contributed by atoms with Gasteiger partial charge < -0.3 is 15.5 Å². The lowest BCUT2D eigenvalue weighted by Crippen LogP contribution is -2.32. The van der Waals surface area contributed by atoms with Gasteiger partial charge in [-0.1, -0.05) is 0 Å².